The van der Waals surface area contributed by atoms with Crippen molar-refractivity contribution < 1.29 is 9.18 Å². The zero-order chi connectivity index (χ0) is 13.7. The number of nitrogens with zero attached hydrogens (tertiary/aromatic N) is 1. The lowest BCUT2D eigenvalue weighted by Gasteiger charge is -2.16. The van der Waals surface area contributed by atoms with Crippen molar-refractivity contribution in [3.8, 4) is 0 Å². The Balaban J connectivity index is 2.16. The zero-order valence-corrected chi connectivity index (χ0v) is 11.6. The van der Waals surface area contributed by atoms with Crippen molar-refractivity contribution >= 4 is 21.8 Å². The Morgan fingerprint density at radius 1 is 1.32 bits per heavy atom. The Kier molecular flexibility index (Phi) is 4.63. The van der Waals surface area contributed by atoms with Gasteiger partial charge in [-0.15, -0.1) is 0 Å². The van der Waals surface area contributed by atoms with Crippen LogP contribution in [0.1, 0.15) is 22.0 Å². The molecule has 1 heterocycles. The highest BCUT2D eigenvalue weighted by Gasteiger charge is 2.17. The Morgan fingerprint density at radius 3 is 2.68 bits per heavy atom. The van der Waals surface area contributed by atoms with Gasteiger partial charge in [-0.05, 0) is 11.6 Å². The Bertz CT molecular complexity index is 562. The number of alkyl halides is 1. The summed E-state index contributed by atoms with van der Waals surface area (Å²) in [6, 6.07) is 10.7. The third-order valence-electron chi connectivity index (χ3n) is 2.68. The van der Waals surface area contributed by atoms with Gasteiger partial charge in [-0.2, -0.15) is 0 Å². The molecule has 0 radical (unpaired) electrons. The van der Waals surface area contributed by atoms with Gasteiger partial charge >= 0.3 is 0 Å². The van der Waals surface area contributed by atoms with Crippen LogP contribution in [0.25, 0.3) is 0 Å². The number of nitrogens with one attached hydrogen (secondary N) is 1. The number of aromatic nitrogens is 1. The molecule has 0 bridgehead atoms. The summed E-state index contributed by atoms with van der Waals surface area (Å²) in [4.78, 5) is 15.6. The number of pyridine rings is 1. The number of hydrogen-bond acceptors (Lipinski definition) is 2. The fraction of sp³-hybridized carbons (Fsp3) is 0.143. The molecule has 1 N–H and O–H groups in total. The van der Waals surface area contributed by atoms with Crippen molar-refractivity contribution in [3.63, 3.8) is 0 Å². The van der Waals surface area contributed by atoms with E-state index in [0.717, 1.165) is 11.8 Å². The smallest absolute Gasteiger partial charge is 0.254 e. The maximum absolute atomic E-state index is 13.5. The van der Waals surface area contributed by atoms with Crippen molar-refractivity contribution in [3.05, 3.63) is 65.7 Å². The molecule has 0 spiro atoms. The van der Waals surface area contributed by atoms with E-state index in [1.165, 1.54) is 12.3 Å². The van der Waals surface area contributed by atoms with Gasteiger partial charge in [0.25, 0.3) is 5.91 Å². The topological polar surface area (TPSA) is 42.0 Å². The van der Waals surface area contributed by atoms with Crippen LogP contribution in [-0.4, -0.2) is 16.2 Å². The summed E-state index contributed by atoms with van der Waals surface area (Å²) in [5, 5.41) is 3.34. The third-order valence-corrected chi connectivity index (χ3v) is 3.33. The Morgan fingerprint density at radius 2 is 2.05 bits per heavy atom. The van der Waals surface area contributed by atoms with Gasteiger partial charge in [0.2, 0.25) is 0 Å². The summed E-state index contributed by atoms with van der Waals surface area (Å²) in [6.07, 6.45) is 2.42. The molecule has 2 rings (SSSR count). The Hall–Kier alpha value is -1.75. The number of carbonyl (C=O) groups is 1. The Labute approximate surface area is 119 Å². The van der Waals surface area contributed by atoms with Gasteiger partial charge in [-0.1, -0.05) is 46.3 Å². The standard InChI is InChI=1S/C14H12BrFN2O/c15-8-13(10-4-2-1-3-5-10)18-14(19)11-6-7-17-9-12(11)16/h1-7,9,13H,8H2,(H,18,19). The van der Waals surface area contributed by atoms with Gasteiger partial charge in [-0.3, -0.25) is 9.78 Å². The first-order chi connectivity index (χ1) is 9.22. The predicted octanol–water partition coefficient (Wildman–Crippen LogP) is 3.09. The monoisotopic (exact) mass is 322 g/mol. The normalized spacial score (nSPS) is 11.9. The van der Waals surface area contributed by atoms with Gasteiger partial charge in [0, 0.05) is 11.5 Å². The van der Waals surface area contributed by atoms with Crippen molar-refractivity contribution in [1.29, 1.82) is 0 Å². The fourth-order valence-electron chi connectivity index (χ4n) is 1.69. The number of amides is 1. The molecular weight excluding hydrogens is 311 g/mol. The molecule has 0 aliphatic heterocycles. The van der Waals surface area contributed by atoms with Crippen LogP contribution < -0.4 is 5.32 Å². The summed E-state index contributed by atoms with van der Waals surface area (Å²) >= 11 is 3.35. The molecule has 1 unspecified atom stereocenters. The first kappa shape index (κ1) is 13.7. The number of benzene rings is 1. The van der Waals surface area contributed by atoms with E-state index in [1.807, 2.05) is 30.3 Å². The second kappa shape index (κ2) is 6.43. The maximum atomic E-state index is 13.5. The molecule has 0 saturated carbocycles. The molecule has 5 heteroatoms. The van der Waals surface area contributed by atoms with Gasteiger partial charge in [0.05, 0.1) is 17.8 Å². The second-order valence-electron chi connectivity index (χ2n) is 3.95. The minimum Gasteiger partial charge on any atom is -0.344 e. The summed E-state index contributed by atoms with van der Waals surface area (Å²) in [5.74, 6) is -1.07. The summed E-state index contributed by atoms with van der Waals surface area (Å²) < 4.78 is 13.5. The van der Waals surface area contributed by atoms with E-state index in [4.69, 9.17) is 0 Å². The molecule has 19 heavy (non-hydrogen) atoms. The number of halogens is 2. The minimum absolute atomic E-state index is 0.00289. The number of hydrogen-bond donors (Lipinski definition) is 1. The quantitative estimate of drug-likeness (QED) is 0.879. The molecule has 0 fully saturated rings. The first-order valence-electron chi connectivity index (χ1n) is 5.73. The van der Waals surface area contributed by atoms with Gasteiger partial charge < -0.3 is 5.32 Å². The van der Waals surface area contributed by atoms with Crippen LogP contribution in [0, 0.1) is 5.82 Å². The van der Waals surface area contributed by atoms with Crippen LogP contribution >= 0.6 is 15.9 Å². The summed E-state index contributed by atoms with van der Waals surface area (Å²) in [6.45, 7) is 0. The molecule has 0 aliphatic rings. The van der Waals surface area contributed by atoms with E-state index >= 15 is 0 Å². The van der Waals surface area contributed by atoms with E-state index in [1.54, 1.807) is 0 Å². The summed E-state index contributed by atoms with van der Waals surface area (Å²) in [7, 11) is 0. The second-order valence-corrected chi connectivity index (χ2v) is 4.59. The van der Waals surface area contributed by atoms with Gasteiger partial charge in [0.1, 0.15) is 0 Å². The summed E-state index contributed by atoms with van der Waals surface area (Å²) in [5.41, 5.74) is 0.957. The van der Waals surface area contributed by atoms with E-state index in [9.17, 15) is 9.18 Å². The molecular formula is C14H12BrFN2O. The van der Waals surface area contributed by atoms with Crippen molar-refractivity contribution in [2.45, 2.75) is 6.04 Å². The molecule has 0 aliphatic carbocycles. The van der Waals surface area contributed by atoms with Crippen LogP contribution in [0.5, 0.6) is 0 Å². The molecule has 1 aromatic heterocycles. The van der Waals surface area contributed by atoms with Crippen LogP contribution in [0.2, 0.25) is 0 Å². The highest BCUT2D eigenvalue weighted by atomic mass is 79.9. The molecule has 3 nitrogen and oxygen atoms in total. The van der Waals surface area contributed by atoms with Gasteiger partial charge in [0.15, 0.2) is 5.82 Å². The fourth-order valence-corrected chi connectivity index (χ4v) is 2.23. The number of rotatable bonds is 4. The van der Waals surface area contributed by atoms with Crippen molar-refractivity contribution in [2.24, 2.45) is 0 Å². The van der Waals surface area contributed by atoms with E-state index in [-0.39, 0.29) is 11.6 Å². The van der Waals surface area contributed by atoms with Gasteiger partial charge in [-0.25, -0.2) is 4.39 Å². The largest absolute Gasteiger partial charge is 0.344 e. The molecule has 1 aromatic carbocycles. The lowest BCUT2D eigenvalue weighted by Crippen LogP contribution is -2.30. The minimum atomic E-state index is -0.624. The molecule has 1 atom stereocenters. The van der Waals surface area contributed by atoms with Crippen molar-refractivity contribution in [1.82, 2.24) is 10.3 Å². The van der Waals surface area contributed by atoms with Crippen LogP contribution in [0.3, 0.4) is 0 Å². The van der Waals surface area contributed by atoms with E-state index in [0.29, 0.717) is 5.33 Å². The lowest BCUT2D eigenvalue weighted by atomic mass is 10.1. The van der Waals surface area contributed by atoms with E-state index in [2.05, 4.69) is 26.2 Å². The van der Waals surface area contributed by atoms with Crippen LogP contribution in [0.15, 0.2) is 48.8 Å². The molecule has 1 amide bonds. The molecule has 98 valence electrons. The average Bonchev–Trinajstić information content (AvgIpc) is 2.46. The first-order valence-corrected chi connectivity index (χ1v) is 6.86. The van der Waals surface area contributed by atoms with Crippen molar-refractivity contribution in [2.75, 3.05) is 5.33 Å². The lowest BCUT2D eigenvalue weighted by molar-refractivity contribution is 0.0936. The molecule has 2 aromatic rings. The number of carbonyl (C=O) groups excluding carboxylic acids is 1. The maximum Gasteiger partial charge on any atom is 0.254 e. The predicted molar refractivity (Wildman–Crippen MR) is 74.6 cm³/mol. The van der Waals surface area contributed by atoms with Crippen LogP contribution in [0.4, 0.5) is 4.39 Å². The molecule has 0 saturated heterocycles. The average molecular weight is 323 g/mol. The SMILES string of the molecule is O=C(NC(CBr)c1ccccc1)c1ccncc1F. The highest BCUT2D eigenvalue weighted by molar-refractivity contribution is 9.09. The van der Waals surface area contributed by atoms with Crippen LogP contribution in [-0.2, 0) is 0 Å². The van der Waals surface area contributed by atoms with E-state index < -0.39 is 11.7 Å². The zero-order valence-electron chi connectivity index (χ0n) is 10.0. The highest BCUT2D eigenvalue weighted by Crippen LogP contribution is 2.16. The third kappa shape index (κ3) is 3.38.